The van der Waals surface area contributed by atoms with Crippen LogP contribution in [0, 0.1) is 0 Å². The number of alkyl carbamates (subject to hydrolysis) is 1. The normalized spacial score (nSPS) is 12.2. The van der Waals surface area contributed by atoms with E-state index in [1.165, 1.54) is 0 Å². The van der Waals surface area contributed by atoms with Crippen LogP contribution in [0.3, 0.4) is 0 Å². The first-order valence-corrected chi connectivity index (χ1v) is 7.26. The molecule has 0 aliphatic heterocycles. The molecule has 8 heteroatoms. The molecule has 0 saturated heterocycles. The molecule has 0 aromatic rings. The Balaban J connectivity index is 4.49. The molecule has 1 amide bonds. The van der Waals surface area contributed by atoms with E-state index in [1.54, 1.807) is 27.7 Å². The molecular formula is C13H25N3O4S. The number of nitrogens with one attached hydrogen (secondary N) is 2. The zero-order valence-corrected chi connectivity index (χ0v) is 13.8. The molecule has 0 aliphatic rings. The van der Waals surface area contributed by atoms with E-state index in [2.05, 4.69) is 22.9 Å². The van der Waals surface area contributed by atoms with Crippen LogP contribution in [0.15, 0.2) is 0 Å². The van der Waals surface area contributed by atoms with Gasteiger partial charge in [0.05, 0.1) is 6.61 Å². The lowest BCUT2D eigenvalue weighted by Gasteiger charge is -2.24. The summed E-state index contributed by atoms with van der Waals surface area (Å²) in [6.07, 6.45) is 0.340. The van der Waals surface area contributed by atoms with Gasteiger partial charge in [0.15, 0.2) is 5.11 Å². The fourth-order valence-corrected chi connectivity index (χ4v) is 1.56. The van der Waals surface area contributed by atoms with Crippen LogP contribution >= 0.6 is 12.2 Å². The average Bonchev–Trinajstić information content (AvgIpc) is 2.30. The standard InChI is InChI=1S/C13H25N3O4S/c1-5-19-12(18)16-9(7-6-8-15-11(14)21)10(17)20-13(2,3)4/h9H,5-8H2,1-4H3,(H,16,18)(H3,14,15,21)/t9-/m0/s1. The zero-order valence-electron chi connectivity index (χ0n) is 13.0. The maximum atomic E-state index is 12.1. The summed E-state index contributed by atoms with van der Waals surface area (Å²) in [5.41, 5.74) is 4.69. The highest BCUT2D eigenvalue weighted by atomic mass is 32.1. The van der Waals surface area contributed by atoms with Gasteiger partial charge in [0.1, 0.15) is 11.6 Å². The largest absolute Gasteiger partial charge is 0.458 e. The quantitative estimate of drug-likeness (QED) is 0.366. The van der Waals surface area contributed by atoms with Crippen LogP contribution < -0.4 is 16.4 Å². The Morgan fingerprint density at radius 1 is 1.33 bits per heavy atom. The zero-order chi connectivity index (χ0) is 16.5. The van der Waals surface area contributed by atoms with Crippen LogP contribution in [-0.2, 0) is 14.3 Å². The number of hydrogen-bond acceptors (Lipinski definition) is 5. The van der Waals surface area contributed by atoms with Crippen molar-refractivity contribution < 1.29 is 19.1 Å². The van der Waals surface area contributed by atoms with Crippen LogP contribution in [0.2, 0.25) is 0 Å². The van der Waals surface area contributed by atoms with Gasteiger partial charge < -0.3 is 25.8 Å². The highest BCUT2D eigenvalue weighted by Gasteiger charge is 2.26. The number of ether oxygens (including phenoxy) is 2. The summed E-state index contributed by atoms with van der Waals surface area (Å²) in [6.45, 7) is 7.73. The molecule has 0 fully saturated rings. The second-order valence-corrected chi connectivity index (χ2v) is 5.82. The van der Waals surface area contributed by atoms with E-state index >= 15 is 0 Å². The van der Waals surface area contributed by atoms with E-state index in [-0.39, 0.29) is 11.7 Å². The first kappa shape index (κ1) is 19.4. The molecule has 0 rings (SSSR count). The fraction of sp³-hybridized carbons (Fsp3) is 0.769. The molecule has 0 bridgehead atoms. The van der Waals surface area contributed by atoms with Crippen LogP contribution in [0.1, 0.15) is 40.5 Å². The van der Waals surface area contributed by atoms with Gasteiger partial charge in [-0.05, 0) is 52.8 Å². The monoisotopic (exact) mass is 319 g/mol. The summed E-state index contributed by atoms with van der Waals surface area (Å²) >= 11 is 4.69. The van der Waals surface area contributed by atoms with E-state index in [0.717, 1.165) is 0 Å². The third kappa shape index (κ3) is 10.8. The molecular weight excluding hydrogens is 294 g/mol. The summed E-state index contributed by atoms with van der Waals surface area (Å²) in [5, 5.41) is 5.48. The van der Waals surface area contributed by atoms with Gasteiger partial charge in [0.25, 0.3) is 0 Å². The van der Waals surface area contributed by atoms with Crippen molar-refractivity contribution in [3.05, 3.63) is 0 Å². The summed E-state index contributed by atoms with van der Waals surface area (Å²) in [6, 6.07) is -0.767. The second-order valence-electron chi connectivity index (χ2n) is 5.38. The van der Waals surface area contributed by atoms with Crippen molar-refractivity contribution in [3.63, 3.8) is 0 Å². The number of hydrogen-bond donors (Lipinski definition) is 3. The first-order valence-electron chi connectivity index (χ1n) is 6.85. The van der Waals surface area contributed by atoms with Gasteiger partial charge >= 0.3 is 12.1 Å². The van der Waals surface area contributed by atoms with Crippen molar-refractivity contribution >= 4 is 29.4 Å². The van der Waals surface area contributed by atoms with Crippen molar-refractivity contribution in [2.75, 3.05) is 13.2 Å². The fourth-order valence-electron chi connectivity index (χ4n) is 1.45. The maximum absolute atomic E-state index is 12.1. The van der Waals surface area contributed by atoms with Crippen LogP contribution in [0.5, 0.6) is 0 Å². The van der Waals surface area contributed by atoms with Gasteiger partial charge in [-0.15, -0.1) is 0 Å². The van der Waals surface area contributed by atoms with Gasteiger partial charge in [-0.1, -0.05) is 0 Å². The van der Waals surface area contributed by atoms with E-state index in [1.807, 2.05) is 0 Å². The van der Waals surface area contributed by atoms with Crippen LogP contribution in [-0.4, -0.2) is 42.0 Å². The number of nitrogens with two attached hydrogens (primary N) is 1. The number of rotatable bonds is 7. The van der Waals surface area contributed by atoms with E-state index in [0.29, 0.717) is 19.4 Å². The van der Waals surface area contributed by atoms with Crippen molar-refractivity contribution in [1.29, 1.82) is 0 Å². The topological polar surface area (TPSA) is 103 Å². The Morgan fingerprint density at radius 2 is 1.95 bits per heavy atom. The SMILES string of the molecule is CCOC(=O)N[C@@H](CCCNC(N)=S)C(=O)OC(C)(C)C. The molecule has 0 aromatic heterocycles. The predicted octanol–water partition coefficient (Wildman–Crippen LogP) is 1.06. The Morgan fingerprint density at radius 3 is 2.43 bits per heavy atom. The summed E-state index contributed by atoms with van der Waals surface area (Å²) < 4.78 is 10.1. The van der Waals surface area contributed by atoms with Crippen molar-refractivity contribution in [3.8, 4) is 0 Å². The van der Waals surface area contributed by atoms with E-state index < -0.39 is 23.7 Å². The van der Waals surface area contributed by atoms with Crippen molar-refractivity contribution in [1.82, 2.24) is 10.6 Å². The Bertz CT molecular complexity index is 369. The highest BCUT2D eigenvalue weighted by molar-refractivity contribution is 7.80. The molecule has 0 aliphatic carbocycles. The molecule has 0 spiro atoms. The molecule has 0 radical (unpaired) electrons. The first-order chi connectivity index (χ1) is 9.65. The summed E-state index contributed by atoms with van der Waals surface area (Å²) in [7, 11) is 0. The molecule has 4 N–H and O–H groups in total. The number of thiocarbonyl (C=S) groups is 1. The number of esters is 1. The molecule has 1 atom stereocenters. The van der Waals surface area contributed by atoms with Gasteiger partial charge in [0.2, 0.25) is 0 Å². The van der Waals surface area contributed by atoms with Crippen molar-refractivity contribution in [2.24, 2.45) is 5.73 Å². The van der Waals surface area contributed by atoms with Crippen molar-refractivity contribution in [2.45, 2.75) is 52.2 Å². The Hall–Kier alpha value is -1.57. The summed E-state index contributed by atoms with van der Waals surface area (Å²) in [4.78, 5) is 23.5. The third-order valence-electron chi connectivity index (χ3n) is 2.23. The molecule has 0 aromatic carbocycles. The minimum Gasteiger partial charge on any atom is -0.458 e. The Kier molecular flexibility index (Phi) is 8.68. The van der Waals surface area contributed by atoms with Crippen LogP contribution in [0.25, 0.3) is 0 Å². The highest BCUT2D eigenvalue weighted by Crippen LogP contribution is 2.10. The van der Waals surface area contributed by atoms with Gasteiger partial charge in [-0.25, -0.2) is 9.59 Å². The molecule has 0 unspecified atom stereocenters. The Labute approximate surface area is 130 Å². The average molecular weight is 319 g/mol. The number of carbonyl (C=O) groups excluding carboxylic acids is 2. The van der Waals surface area contributed by atoms with Gasteiger partial charge in [0, 0.05) is 6.54 Å². The molecule has 122 valence electrons. The van der Waals surface area contributed by atoms with Crippen LogP contribution in [0.4, 0.5) is 4.79 Å². The maximum Gasteiger partial charge on any atom is 0.407 e. The summed E-state index contributed by atoms with van der Waals surface area (Å²) in [5.74, 6) is -0.495. The lowest BCUT2D eigenvalue weighted by atomic mass is 10.1. The van der Waals surface area contributed by atoms with E-state index in [9.17, 15) is 9.59 Å². The lowest BCUT2D eigenvalue weighted by Crippen LogP contribution is -2.44. The molecule has 21 heavy (non-hydrogen) atoms. The smallest absolute Gasteiger partial charge is 0.407 e. The predicted molar refractivity (Wildman–Crippen MR) is 83.8 cm³/mol. The second kappa shape index (κ2) is 9.38. The number of amides is 1. The molecule has 0 saturated carbocycles. The molecule has 0 heterocycles. The minimum absolute atomic E-state index is 0.196. The molecule has 7 nitrogen and oxygen atoms in total. The lowest BCUT2D eigenvalue weighted by molar-refractivity contribution is -0.157. The third-order valence-corrected chi connectivity index (χ3v) is 2.37. The van der Waals surface area contributed by atoms with Gasteiger partial charge in [-0.3, -0.25) is 0 Å². The van der Waals surface area contributed by atoms with E-state index in [4.69, 9.17) is 15.2 Å². The van der Waals surface area contributed by atoms with Gasteiger partial charge in [-0.2, -0.15) is 0 Å². The number of carbonyl (C=O) groups is 2. The minimum atomic E-state index is -0.767.